The van der Waals surface area contributed by atoms with Crippen molar-refractivity contribution in [2.45, 2.75) is 44.3 Å². The first-order valence-electron chi connectivity index (χ1n) is 9.08. The van der Waals surface area contributed by atoms with Crippen LogP contribution in [0.3, 0.4) is 0 Å². The predicted octanol–water partition coefficient (Wildman–Crippen LogP) is 5.99. The highest BCUT2D eigenvalue weighted by atomic mass is 79.9. The van der Waals surface area contributed by atoms with Crippen molar-refractivity contribution in [3.63, 3.8) is 0 Å². The standard InChI is InChI=1S/C22H24BrN2S/c1-22(2,3)17-7-5-16(6-8-17)20-15-24-13-4-14-26-21(24)25(20)19-11-9-18(23)10-12-19/h5-12,15H,4,13-14H2,1-3H3/q+1. The second kappa shape index (κ2) is 6.90. The van der Waals surface area contributed by atoms with Gasteiger partial charge in [-0.2, -0.15) is 4.57 Å². The van der Waals surface area contributed by atoms with Crippen LogP contribution in [0.4, 0.5) is 0 Å². The molecular weight excluding hydrogens is 404 g/mol. The van der Waals surface area contributed by atoms with Crippen molar-refractivity contribution in [1.29, 1.82) is 0 Å². The van der Waals surface area contributed by atoms with Crippen molar-refractivity contribution < 1.29 is 4.57 Å². The summed E-state index contributed by atoms with van der Waals surface area (Å²) in [5.74, 6) is 1.18. The minimum absolute atomic E-state index is 0.177. The molecule has 1 aliphatic heterocycles. The molecule has 0 N–H and O–H groups in total. The Morgan fingerprint density at radius 2 is 1.69 bits per heavy atom. The first-order valence-corrected chi connectivity index (χ1v) is 10.9. The van der Waals surface area contributed by atoms with Crippen molar-refractivity contribution in [2.24, 2.45) is 0 Å². The molecule has 0 unspecified atom stereocenters. The molecule has 1 aliphatic rings. The van der Waals surface area contributed by atoms with Gasteiger partial charge in [0.1, 0.15) is 11.9 Å². The molecule has 2 nitrogen and oxygen atoms in total. The number of benzene rings is 2. The molecular formula is C22H24BrN2S+. The summed E-state index contributed by atoms with van der Waals surface area (Å²) in [6.07, 6.45) is 3.55. The molecule has 0 amide bonds. The van der Waals surface area contributed by atoms with E-state index < -0.39 is 0 Å². The minimum atomic E-state index is 0.177. The second-order valence-corrected chi connectivity index (χ2v) is 9.81. The van der Waals surface area contributed by atoms with Gasteiger partial charge in [0.05, 0.1) is 6.54 Å². The molecule has 1 aromatic heterocycles. The van der Waals surface area contributed by atoms with E-state index >= 15 is 0 Å². The summed E-state index contributed by atoms with van der Waals surface area (Å²) >= 11 is 5.51. The van der Waals surface area contributed by atoms with E-state index in [0.717, 1.165) is 11.0 Å². The lowest BCUT2D eigenvalue weighted by atomic mass is 9.86. The molecule has 0 radical (unpaired) electrons. The number of aromatic nitrogens is 2. The Labute approximate surface area is 168 Å². The van der Waals surface area contributed by atoms with Crippen LogP contribution < -0.4 is 4.57 Å². The largest absolute Gasteiger partial charge is 0.323 e. The Morgan fingerprint density at radius 3 is 2.35 bits per heavy atom. The first kappa shape index (κ1) is 17.9. The molecule has 0 fully saturated rings. The fourth-order valence-electron chi connectivity index (χ4n) is 3.38. The van der Waals surface area contributed by atoms with Crippen LogP contribution in [0.2, 0.25) is 0 Å². The maximum atomic E-state index is 3.55. The van der Waals surface area contributed by atoms with Crippen LogP contribution in [0.1, 0.15) is 32.8 Å². The molecule has 0 saturated carbocycles. The number of nitrogens with zero attached hydrogens (tertiary/aromatic N) is 2. The molecule has 26 heavy (non-hydrogen) atoms. The van der Waals surface area contributed by atoms with Crippen molar-refractivity contribution in [3.05, 3.63) is 64.8 Å². The van der Waals surface area contributed by atoms with E-state index in [1.807, 2.05) is 11.8 Å². The zero-order valence-electron chi connectivity index (χ0n) is 15.5. The summed E-state index contributed by atoms with van der Waals surface area (Å²) in [5.41, 5.74) is 5.29. The lowest BCUT2D eigenvalue weighted by Crippen LogP contribution is -2.37. The molecule has 2 aromatic carbocycles. The van der Waals surface area contributed by atoms with E-state index in [1.54, 1.807) is 0 Å². The van der Waals surface area contributed by atoms with Gasteiger partial charge in [-0.05, 0) is 53.4 Å². The van der Waals surface area contributed by atoms with Crippen molar-refractivity contribution in [1.82, 2.24) is 4.57 Å². The number of thioether (sulfide) groups is 1. The van der Waals surface area contributed by atoms with Gasteiger partial charge in [0, 0.05) is 15.8 Å². The molecule has 0 bridgehead atoms. The zero-order chi connectivity index (χ0) is 18.3. The van der Waals surface area contributed by atoms with Crippen LogP contribution in [-0.2, 0) is 12.0 Å². The van der Waals surface area contributed by atoms with Gasteiger partial charge >= 0.3 is 5.16 Å². The van der Waals surface area contributed by atoms with E-state index in [2.05, 4.69) is 101 Å². The quantitative estimate of drug-likeness (QED) is 0.456. The van der Waals surface area contributed by atoms with Crippen molar-refractivity contribution in [2.75, 3.05) is 5.75 Å². The van der Waals surface area contributed by atoms with Gasteiger partial charge in [-0.3, -0.25) is 0 Å². The SMILES string of the molecule is CC(C)(C)c1ccc(-c2c[n+]3c(n2-c2ccc(Br)cc2)SCCC3)cc1. The molecule has 0 saturated heterocycles. The highest BCUT2D eigenvalue weighted by Crippen LogP contribution is 2.32. The molecule has 0 aliphatic carbocycles. The average Bonchev–Trinajstić information content (AvgIpc) is 3.01. The molecule has 134 valence electrons. The summed E-state index contributed by atoms with van der Waals surface area (Å²) in [4.78, 5) is 0. The van der Waals surface area contributed by atoms with Gasteiger partial charge in [0.25, 0.3) is 0 Å². The Morgan fingerprint density at radius 1 is 1.00 bits per heavy atom. The van der Waals surface area contributed by atoms with Gasteiger partial charge < -0.3 is 0 Å². The molecule has 0 spiro atoms. The number of hydrogen-bond acceptors (Lipinski definition) is 1. The summed E-state index contributed by atoms with van der Waals surface area (Å²) in [6, 6.07) is 17.7. The summed E-state index contributed by atoms with van der Waals surface area (Å²) < 4.78 is 5.92. The van der Waals surface area contributed by atoms with Crippen LogP contribution in [0.15, 0.2) is 64.4 Å². The normalized spacial score (nSPS) is 14.3. The molecule has 4 heteroatoms. The van der Waals surface area contributed by atoms with Crippen LogP contribution in [-0.4, -0.2) is 10.3 Å². The summed E-state index contributed by atoms with van der Waals surface area (Å²) in [6.45, 7) is 7.88. The second-order valence-electron chi connectivity index (χ2n) is 7.83. The van der Waals surface area contributed by atoms with E-state index in [1.165, 1.54) is 39.8 Å². The summed E-state index contributed by atoms with van der Waals surface area (Å²) in [5, 5.41) is 1.33. The Kier molecular flexibility index (Phi) is 4.74. The first-order chi connectivity index (χ1) is 12.4. The smallest absolute Gasteiger partial charge is 0.224 e. The van der Waals surface area contributed by atoms with E-state index in [-0.39, 0.29) is 5.41 Å². The highest BCUT2D eigenvalue weighted by Gasteiger charge is 2.29. The van der Waals surface area contributed by atoms with Crippen LogP contribution in [0.5, 0.6) is 0 Å². The molecule has 4 rings (SSSR count). The van der Waals surface area contributed by atoms with Crippen LogP contribution in [0, 0.1) is 0 Å². The lowest BCUT2D eigenvalue weighted by molar-refractivity contribution is -0.734. The molecule has 0 atom stereocenters. The van der Waals surface area contributed by atoms with Gasteiger partial charge in [0.15, 0.2) is 5.69 Å². The van der Waals surface area contributed by atoms with Crippen molar-refractivity contribution in [3.8, 4) is 16.9 Å². The van der Waals surface area contributed by atoms with Gasteiger partial charge in [-0.25, -0.2) is 4.57 Å². The third-order valence-electron chi connectivity index (χ3n) is 4.86. The van der Waals surface area contributed by atoms with Crippen LogP contribution in [0.25, 0.3) is 16.9 Å². The Balaban J connectivity index is 1.85. The van der Waals surface area contributed by atoms with E-state index in [9.17, 15) is 0 Å². The topological polar surface area (TPSA) is 8.81 Å². The zero-order valence-corrected chi connectivity index (χ0v) is 17.9. The highest BCUT2D eigenvalue weighted by molar-refractivity contribution is 9.10. The number of aryl methyl sites for hydroxylation is 1. The number of hydrogen-bond donors (Lipinski definition) is 0. The van der Waals surface area contributed by atoms with Gasteiger partial charge in [-0.15, -0.1) is 0 Å². The predicted molar refractivity (Wildman–Crippen MR) is 113 cm³/mol. The number of fused-ring (bicyclic) bond motifs is 1. The number of rotatable bonds is 2. The fraction of sp³-hybridized carbons (Fsp3) is 0.318. The van der Waals surface area contributed by atoms with Gasteiger partial charge in [0.2, 0.25) is 0 Å². The number of imidazole rings is 1. The van der Waals surface area contributed by atoms with E-state index in [0.29, 0.717) is 0 Å². The average molecular weight is 428 g/mol. The maximum Gasteiger partial charge on any atom is 0.323 e. The lowest BCUT2D eigenvalue weighted by Gasteiger charge is -2.18. The minimum Gasteiger partial charge on any atom is -0.224 e. The fourth-order valence-corrected chi connectivity index (χ4v) is 4.75. The number of halogens is 1. The van der Waals surface area contributed by atoms with Crippen LogP contribution >= 0.6 is 27.7 Å². The third kappa shape index (κ3) is 3.37. The Bertz CT molecular complexity index is 919. The van der Waals surface area contributed by atoms with Crippen molar-refractivity contribution >= 4 is 27.7 Å². The Hall–Kier alpha value is -1.52. The maximum absolute atomic E-state index is 3.55. The van der Waals surface area contributed by atoms with Gasteiger partial charge in [-0.1, -0.05) is 61.0 Å². The summed E-state index contributed by atoms with van der Waals surface area (Å²) in [7, 11) is 0. The third-order valence-corrected chi connectivity index (χ3v) is 6.56. The molecule has 2 heterocycles. The van der Waals surface area contributed by atoms with E-state index in [4.69, 9.17) is 0 Å². The molecule has 3 aromatic rings. The monoisotopic (exact) mass is 427 g/mol.